The maximum atomic E-state index is 12.8. The molecule has 2 heterocycles. The van der Waals surface area contributed by atoms with Crippen LogP contribution in [0, 0.1) is 0 Å². The van der Waals surface area contributed by atoms with Gasteiger partial charge in [-0.1, -0.05) is 43.9 Å². The number of carbonyl (C=O) groups is 2. The monoisotopic (exact) mass is 418 g/mol. The van der Waals surface area contributed by atoms with Gasteiger partial charge >= 0.3 is 0 Å². The summed E-state index contributed by atoms with van der Waals surface area (Å²) in [6.07, 6.45) is 6.93. The number of aliphatic hydroxyl groups excluding tert-OH is 2. The Labute approximate surface area is 176 Å². The molecule has 1 aliphatic heterocycles. The van der Waals surface area contributed by atoms with Gasteiger partial charge in [-0.15, -0.1) is 11.3 Å². The van der Waals surface area contributed by atoms with Crippen molar-refractivity contribution in [2.45, 2.75) is 50.9 Å². The molecule has 3 N–H and O–H groups in total. The van der Waals surface area contributed by atoms with E-state index in [9.17, 15) is 19.8 Å². The lowest BCUT2D eigenvalue weighted by atomic mass is 10.0. The third-order valence-corrected chi connectivity index (χ3v) is 5.78. The quantitative estimate of drug-likeness (QED) is 0.508. The number of amides is 2. The van der Waals surface area contributed by atoms with Gasteiger partial charge in [0.15, 0.2) is 12.2 Å². The van der Waals surface area contributed by atoms with Crippen molar-refractivity contribution < 1.29 is 19.8 Å². The number of allylic oxidation sites excluding steroid dienone is 3. The highest BCUT2D eigenvalue weighted by atomic mass is 32.1. The summed E-state index contributed by atoms with van der Waals surface area (Å²) in [5.41, 5.74) is 0.926. The standard InChI is InChI=1S/C22H30N2O4S/c1-3-5-9-16(8-4-2)18-11-6-14-24(18)22(28)20(26)19(25)21(27)23-13-12-17-10-7-15-29-17/h4-5,7-10,15,18-20,25-26H,2-3,6,11-14H2,1H3,(H,23,27)/b9-5-,16-8+. The number of hydrogen-bond donors (Lipinski definition) is 3. The largest absolute Gasteiger partial charge is 0.380 e. The highest BCUT2D eigenvalue weighted by Crippen LogP contribution is 2.26. The van der Waals surface area contributed by atoms with E-state index in [1.165, 1.54) is 0 Å². The van der Waals surface area contributed by atoms with Crippen LogP contribution in [0.5, 0.6) is 0 Å². The van der Waals surface area contributed by atoms with E-state index in [-0.39, 0.29) is 6.04 Å². The van der Waals surface area contributed by atoms with Crippen molar-refractivity contribution >= 4 is 23.2 Å². The van der Waals surface area contributed by atoms with E-state index < -0.39 is 24.0 Å². The molecule has 7 heteroatoms. The minimum Gasteiger partial charge on any atom is -0.380 e. The van der Waals surface area contributed by atoms with Crippen molar-refractivity contribution in [3.8, 4) is 0 Å². The van der Waals surface area contributed by atoms with Gasteiger partial charge in [0.1, 0.15) is 0 Å². The average Bonchev–Trinajstić information content (AvgIpc) is 3.41. The summed E-state index contributed by atoms with van der Waals surface area (Å²) in [5, 5.41) is 25.1. The first-order valence-electron chi connectivity index (χ1n) is 9.95. The van der Waals surface area contributed by atoms with Crippen molar-refractivity contribution in [3.63, 3.8) is 0 Å². The molecule has 0 saturated carbocycles. The molecular weight excluding hydrogens is 388 g/mol. The molecule has 2 rings (SSSR count). The Balaban J connectivity index is 1.97. The van der Waals surface area contributed by atoms with Gasteiger partial charge in [0.25, 0.3) is 11.8 Å². The first kappa shape index (κ1) is 23.1. The Morgan fingerprint density at radius 2 is 2.21 bits per heavy atom. The second-order valence-electron chi connectivity index (χ2n) is 6.91. The fourth-order valence-electron chi connectivity index (χ4n) is 3.36. The average molecular weight is 419 g/mol. The van der Waals surface area contributed by atoms with Crippen LogP contribution in [0.3, 0.4) is 0 Å². The molecule has 1 aromatic rings. The number of rotatable bonds is 10. The number of nitrogens with zero attached hydrogens (tertiary/aromatic N) is 1. The highest BCUT2D eigenvalue weighted by Gasteiger charge is 2.38. The van der Waals surface area contributed by atoms with Crippen molar-refractivity contribution in [1.29, 1.82) is 0 Å². The molecular formula is C22H30N2O4S. The van der Waals surface area contributed by atoms with Crippen LogP contribution >= 0.6 is 11.3 Å². The van der Waals surface area contributed by atoms with Gasteiger partial charge in [0.2, 0.25) is 0 Å². The number of nitrogens with one attached hydrogen (secondary N) is 1. The van der Waals surface area contributed by atoms with E-state index in [1.54, 1.807) is 22.3 Å². The first-order valence-corrected chi connectivity index (χ1v) is 10.8. The van der Waals surface area contributed by atoms with Crippen LogP contribution in [0.1, 0.15) is 31.1 Å². The van der Waals surface area contributed by atoms with Gasteiger partial charge in [-0.2, -0.15) is 0 Å². The first-order chi connectivity index (χ1) is 14.0. The minimum absolute atomic E-state index is 0.202. The Hall–Kier alpha value is -2.22. The lowest BCUT2D eigenvalue weighted by Gasteiger charge is -2.29. The van der Waals surface area contributed by atoms with Crippen LogP contribution < -0.4 is 5.32 Å². The molecule has 1 aliphatic rings. The van der Waals surface area contributed by atoms with E-state index in [4.69, 9.17) is 0 Å². The molecule has 0 bridgehead atoms. The van der Waals surface area contributed by atoms with E-state index >= 15 is 0 Å². The second-order valence-corrected chi connectivity index (χ2v) is 7.94. The second kappa shape index (κ2) is 11.7. The lowest BCUT2D eigenvalue weighted by Crippen LogP contribution is -2.52. The molecule has 158 valence electrons. The molecule has 2 amide bonds. The number of likely N-dealkylation sites (tertiary alicyclic amines) is 1. The van der Waals surface area contributed by atoms with E-state index in [2.05, 4.69) is 11.9 Å². The van der Waals surface area contributed by atoms with E-state index in [0.29, 0.717) is 19.5 Å². The van der Waals surface area contributed by atoms with Gasteiger partial charge in [-0.05, 0) is 42.7 Å². The summed E-state index contributed by atoms with van der Waals surface area (Å²) < 4.78 is 0. The predicted octanol–water partition coefficient (Wildman–Crippen LogP) is 2.20. The minimum atomic E-state index is -1.80. The van der Waals surface area contributed by atoms with Gasteiger partial charge in [0, 0.05) is 18.0 Å². The third-order valence-electron chi connectivity index (χ3n) is 4.85. The topological polar surface area (TPSA) is 89.9 Å². The zero-order valence-corrected chi connectivity index (χ0v) is 17.6. The molecule has 3 atom stereocenters. The Bertz CT molecular complexity index is 742. The fraction of sp³-hybridized carbons (Fsp3) is 0.455. The summed E-state index contributed by atoms with van der Waals surface area (Å²) >= 11 is 1.58. The van der Waals surface area contributed by atoms with Crippen LogP contribution in [-0.4, -0.2) is 58.3 Å². The zero-order valence-electron chi connectivity index (χ0n) is 16.8. The maximum Gasteiger partial charge on any atom is 0.255 e. The van der Waals surface area contributed by atoms with Crippen molar-refractivity contribution in [2.75, 3.05) is 13.1 Å². The normalized spacial score (nSPS) is 19.3. The number of hydrogen-bond acceptors (Lipinski definition) is 5. The summed E-state index contributed by atoms with van der Waals surface area (Å²) in [4.78, 5) is 27.6. The molecule has 1 aromatic heterocycles. The van der Waals surface area contributed by atoms with Gasteiger partial charge < -0.3 is 20.4 Å². The van der Waals surface area contributed by atoms with Crippen LogP contribution in [0.2, 0.25) is 0 Å². The molecule has 29 heavy (non-hydrogen) atoms. The SMILES string of the molecule is C=C/C=C(\C=C/CC)C1CCCN1C(=O)C(O)C(O)C(=O)NCCc1cccs1. The predicted molar refractivity (Wildman–Crippen MR) is 115 cm³/mol. The Morgan fingerprint density at radius 1 is 1.41 bits per heavy atom. The van der Waals surface area contributed by atoms with Gasteiger partial charge in [0.05, 0.1) is 6.04 Å². The van der Waals surface area contributed by atoms with Crippen LogP contribution in [-0.2, 0) is 16.0 Å². The molecule has 6 nitrogen and oxygen atoms in total. The summed E-state index contributed by atoms with van der Waals surface area (Å²) in [6.45, 7) is 6.56. The van der Waals surface area contributed by atoms with Gasteiger partial charge in [-0.25, -0.2) is 0 Å². The molecule has 0 aliphatic carbocycles. The molecule has 1 saturated heterocycles. The summed E-state index contributed by atoms with van der Waals surface area (Å²) in [6, 6.07) is 3.68. The van der Waals surface area contributed by atoms with E-state index in [1.807, 2.05) is 42.7 Å². The zero-order chi connectivity index (χ0) is 21.2. The van der Waals surface area contributed by atoms with Crippen LogP contribution in [0.15, 0.2) is 54.0 Å². The van der Waals surface area contributed by atoms with Crippen molar-refractivity contribution in [3.05, 3.63) is 58.8 Å². The molecule has 1 fully saturated rings. The Kier molecular flexibility index (Phi) is 9.31. The molecule has 0 radical (unpaired) electrons. The Morgan fingerprint density at radius 3 is 2.86 bits per heavy atom. The highest BCUT2D eigenvalue weighted by molar-refractivity contribution is 7.09. The van der Waals surface area contributed by atoms with Crippen molar-refractivity contribution in [2.24, 2.45) is 0 Å². The third kappa shape index (κ3) is 6.39. The maximum absolute atomic E-state index is 12.8. The van der Waals surface area contributed by atoms with Crippen LogP contribution in [0.4, 0.5) is 0 Å². The molecule has 0 aromatic carbocycles. The van der Waals surface area contributed by atoms with Gasteiger partial charge in [-0.3, -0.25) is 9.59 Å². The number of aliphatic hydroxyl groups is 2. The lowest BCUT2D eigenvalue weighted by molar-refractivity contribution is -0.153. The number of carbonyl (C=O) groups excluding carboxylic acids is 2. The smallest absolute Gasteiger partial charge is 0.255 e. The summed E-state index contributed by atoms with van der Waals surface area (Å²) in [7, 11) is 0. The molecule has 0 spiro atoms. The summed E-state index contributed by atoms with van der Waals surface area (Å²) in [5.74, 6) is -1.38. The van der Waals surface area contributed by atoms with Crippen molar-refractivity contribution in [1.82, 2.24) is 10.2 Å². The fourth-order valence-corrected chi connectivity index (χ4v) is 4.07. The molecule has 3 unspecified atom stereocenters. The van der Waals surface area contributed by atoms with Crippen LogP contribution in [0.25, 0.3) is 0 Å². The van der Waals surface area contributed by atoms with E-state index in [0.717, 1.165) is 29.7 Å². The number of thiophene rings is 1.